The van der Waals surface area contributed by atoms with Gasteiger partial charge in [0.25, 0.3) is 11.5 Å². The summed E-state index contributed by atoms with van der Waals surface area (Å²) in [5.41, 5.74) is 6.56. The third kappa shape index (κ3) is 3.77. The van der Waals surface area contributed by atoms with Crippen LogP contribution in [0.15, 0.2) is 52.4 Å². The summed E-state index contributed by atoms with van der Waals surface area (Å²) < 4.78 is 1.72. The van der Waals surface area contributed by atoms with Crippen molar-refractivity contribution in [2.45, 2.75) is 52.5 Å². The molecule has 1 aliphatic heterocycles. The van der Waals surface area contributed by atoms with Gasteiger partial charge in [0.2, 0.25) is 0 Å². The van der Waals surface area contributed by atoms with Gasteiger partial charge in [-0.15, -0.1) is 0 Å². The molecule has 2 heterocycles. The number of nitrogens with zero attached hydrogens (tertiary/aromatic N) is 3. The van der Waals surface area contributed by atoms with E-state index in [1.54, 1.807) is 22.8 Å². The molecular weight excluding hydrogens is 376 g/mol. The Hall–Kier alpha value is -3.28. The van der Waals surface area contributed by atoms with E-state index < -0.39 is 0 Å². The fourth-order valence-electron chi connectivity index (χ4n) is 3.70. The fraction of sp³-hybridized carbons (Fsp3) is 0.333. The molecule has 154 valence electrons. The molecule has 4 rings (SSSR count). The second kappa shape index (κ2) is 7.52. The van der Waals surface area contributed by atoms with Crippen molar-refractivity contribution in [3.63, 3.8) is 0 Å². The molecule has 0 atom stereocenters. The Kier molecular flexibility index (Phi) is 5.02. The van der Waals surface area contributed by atoms with Gasteiger partial charge in [0.05, 0.1) is 16.6 Å². The lowest BCUT2D eigenvalue weighted by atomic mass is 9.86. The summed E-state index contributed by atoms with van der Waals surface area (Å²) in [6, 6.07) is 13.2. The molecule has 0 aliphatic carbocycles. The zero-order chi connectivity index (χ0) is 21.5. The van der Waals surface area contributed by atoms with Gasteiger partial charge in [-0.1, -0.05) is 45.0 Å². The van der Waals surface area contributed by atoms with E-state index in [9.17, 15) is 9.59 Å². The molecule has 1 aliphatic rings. The predicted molar refractivity (Wildman–Crippen MR) is 119 cm³/mol. The van der Waals surface area contributed by atoms with Crippen LogP contribution in [0.5, 0.6) is 0 Å². The number of hydrogen-bond acceptors (Lipinski definition) is 4. The molecule has 0 radical (unpaired) electrons. The normalized spacial score (nSPS) is 14.1. The Balaban J connectivity index is 1.54. The van der Waals surface area contributed by atoms with E-state index in [0.717, 1.165) is 29.9 Å². The molecule has 6 heteroatoms. The SMILES string of the molecule is C/C(=N/NC(=O)c1ccc2c(=O)n3c(nc2c1)CCC3)c1ccc(C(C)(C)C)cc1. The average molecular weight is 402 g/mol. The van der Waals surface area contributed by atoms with Crippen molar-refractivity contribution in [3.8, 4) is 0 Å². The molecule has 0 unspecified atom stereocenters. The minimum Gasteiger partial charge on any atom is -0.296 e. The maximum absolute atomic E-state index is 12.6. The third-order valence-electron chi connectivity index (χ3n) is 5.57. The summed E-state index contributed by atoms with van der Waals surface area (Å²) in [6.07, 6.45) is 1.72. The number of benzene rings is 2. The van der Waals surface area contributed by atoms with E-state index >= 15 is 0 Å². The van der Waals surface area contributed by atoms with E-state index in [1.165, 1.54) is 5.56 Å². The van der Waals surface area contributed by atoms with Gasteiger partial charge in [-0.25, -0.2) is 10.4 Å². The monoisotopic (exact) mass is 402 g/mol. The molecule has 0 bridgehead atoms. The number of hydrogen-bond donors (Lipinski definition) is 1. The number of aromatic nitrogens is 2. The molecule has 1 aromatic heterocycles. The molecule has 2 aromatic carbocycles. The van der Waals surface area contributed by atoms with Crippen LogP contribution < -0.4 is 11.0 Å². The first-order chi connectivity index (χ1) is 14.2. The molecule has 0 spiro atoms. The first-order valence-electron chi connectivity index (χ1n) is 10.2. The summed E-state index contributed by atoms with van der Waals surface area (Å²) in [5.74, 6) is 0.461. The average Bonchev–Trinajstić information content (AvgIpc) is 3.19. The second-order valence-corrected chi connectivity index (χ2v) is 8.79. The van der Waals surface area contributed by atoms with Crippen molar-refractivity contribution < 1.29 is 4.79 Å². The zero-order valence-corrected chi connectivity index (χ0v) is 17.8. The Morgan fingerprint density at radius 2 is 1.80 bits per heavy atom. The highest BCUT2D eigenvalue weighted by molar-refractivity contribution is 6.01. The smallest absolute Gasteiger partial charge is 0.271 e. The largest absolute Gasteiger partial charge is 0.296 e. The van der Waals surface area contributed by atoms with E-state index in [0.29, 0.717) is 23.0 Å². The van der Waals surface area contributed by atoms with Crippen molar-refractivity contribution in [1.82, 2.24) is 15.0 Å². The fourth-order valence-corrected chi connectivity index (χ4v) is 3.70. The molecule has 1 amide bonds. The lowest BCUT2D eigenvalue weighted by molar-refractivity contribution is 0.0955. The van der Waals surface area contributed by atoms with Crippen LogP contribution in [-0.2, 0) is 18.4 Å². The number of aryl methyl sites for hydroxylation is 1. The maximum Gasteiger partial charge on any atom is 0.271 e. The van der Waals surface area contributed by atoms with Crippen molar-refractivity contribution in [1.29, 1.82) is 0 Å². The summed E-state index contributed by atoms with van der Waals surface area (Å²) >= 11 is 0. The number of nitrogens with one attached hydrogen (secondary N) is 1. The molecule has 30 heavy (non-hydrogen) atoms. The molecule has 1 N–H and O–H groups in total. The van der Waals surface area contributed by atoms with Gasteiger partial charge in [-0.2, -0.15) is 5.10 Å². The molecular formula is C24H26N4O2. The van der Waals surface area contributed by atoms with Gasteiger partial charge in [0.1, 0.15) is 5.82 Å². The predicted octanol–water partition coefficient (Wildman–Crippen LogP) is 3.79. The van der Waals surface area contributed by atoms with E-state index in [2.05, 4.69) is 48.4 Å². The van der Waals surface area contributed by atoms with Crippen LogP contribution in [0, 0.1) is 0 Å². The lowest BCUT2D eigenvalue weighted by Crippen LogP contribution is -2.22. The molecule has 6 nitrogen and oxygen atoms in total. The van der Waals surface area contributed by atoms with Crippen LogP contribution >= 0.6 is 0 Å². The van der Waals surface area contributed by atoms with Gasteiger partial charge in [0, 0.05) is 18.5 Å². The first kappa shape index (κ1) is 20.0. The van der Waals surface area contributed by atoms with E-state index in [-0.39, 0.29) is 16.9 Å². The Bertz CT molecular complexity index is 1210. The van der Waals surface area contributed by atoms with Crippen molar-refractivity contribution in [3.05, 3.63) is 75.3 Å². The highest BCUT2D eigenvalue weighted by Gasteiger charge is 2.17. The van der Waals surface area contributed by atoms with E-state index in [4.69, 9.17) is 0 Å². The third-order valence-corrected chi connectivity index (χ3v) is 5.57. The van der Waals surface area contributed by atoms with Gasteiger partial charge in [-0.05, 0) is 48.1 Å². The number of amides is 1. The maximum atomic E-state index is 12.6. The van der Waals surface area contributed by atoms with Gasteiger partial charge < -0.3 is 0 Å². The highest BCUT2D eigenvalue weighted by Crippen LogP contribution is 2.22. The van der Waals surface area contributed by atoms with Gasteiger partial charge in [0.15, 0.2) is 0 Å². The number of carbonyl (C=O) groups excluding carboxylic acids is 1. The number of carbonyl (C=O) groups is 1. The molecule has 0 fully saturated rings. The standard InChI is InChI=1S/C24H26N4O2/c1-15(16-7-10-18(11-8-16)24(2,3)4)26-27-22(29)17-9-12-19-20(14-17)25-21-6-5-13-28(21)23(19)30/h7-12,14H,5-6,13H2,1-4H3,(H,27,29)/b26-15-. The minimum absolute atomic E-state index is 0.0352. The number of hydrazone groups is 1. The lowest BCUT2D eigenvalue weighted by Gasteiger charge is -2.19. The van der Waals surface area contributed by atoms with Crippen LogP contribution in [0.3, 0.4) is 0 Å². The van der Waals surface area contributed by atoms with Crippen molar-refractivity contribution >= 4 is 22.5 Å². The van der Waals surface area contributed by atoms with Crippen molar-refractivity contribution in [2.75, 3.05) is 0 Å². The Morgan fingerprint density at radius 3 is 2.50 bits per heavy atom. The Labute approximate surface area is 175 Å². The summed E-state index contributed by atoms with van der Waals surface area (Å²) in [6.45, 7) is 9.08. The first-order valence-corrected chi connectivity index (χ1v) is 10.2. The molecule has 3 aromatic rings. The second-order valence-electron chi connectivity index (χ2n) is 8.79. The summed E-state index contributed by atoms with van der Waals surface area (Å²) in [7, 11) is 0. The van der Waals surface area contributed by atoms with Crippen LogP contribution in [0.1, 0.15) is 61.4 Å². The van der Waals surface area contributed by atoms with E-state index in [1.807, 2.05) is 19.1 Å². The number of rotatable bonds is 3. The Morgan fingerprint density at radius 1 is 1.10 bits per heavy atom. The minimum atomic E-state index is -0.329. The van der Waals surface area contributed by atoms with Gasteiger partial charge >= 0.3 is 0 Å². The highest BCUT2D eigenvalue weighted by atomic mass is 16.2. The topological polar surface area (TPSA) is 76.3 Å². The van der Waals surface area contributed by atoms with Crippen LogP contribution in [-0.4, -0.2) is 21.2 Å². The molecule has 0 saturated carbocycles. The summed E-state index contributed by atoms with van der Waals surface area (Å²) in [4.78, 5) is 29.7. The quantitative estimate of drug-likeness (QED) is 0.535. The van der Waals surface area contributed by atoms with Crippen molar-refractivity contribution in [2.24, 2.45) is 5.10 Å². The van der Waals surface area contributed by atoms with Crippen LogP contribution in [0.25, 0.3) is 10.9 Å². The number of fused-ring (bicyclic) bond motifs is 2. The zero-order valence-electron chi connectivity index (χ0n) is 17.8. The van der Waals surface area contributed by atoms with Gasteiger partial charge in [-0.3, -0.25) is 14.2 Å². The van der Waals surface area contributed by atoms with Crippen LogP contribution in [0.4, 0.5) is 0 Å². The molecule has 0 saturated heterocycles. The van der Waals surface area contributed by atoms with Crippen LogP contribution in [0.2, 0.25) is 0 Å². The summed E-state index contributed by atoms with van der Waals surface area (Å²) in [5, 5.41) is 4.79.